The van der Waals surface area contributed by atoms with E-state index in [0.29, 0.717) is 27.0 Å². The molecule has 1 N–H and O–H groups in total. The molecule has 0 saturated carbocycles. The molecule has 2 nitrogen and oxygen atoms in total. The summed E-state index contributed by atoms with van der Waals surface area (Å²) in [6, 6.07) is 13.5. The Morgan fingerprint density at radius 1 is 1.19 bits per heavy atom. The second kappa shape index (κ2) is 6.10. The van der Waals surface area contributed by atoms with Crippen LogP contribution in [0.25, 0.3) is 11.0 Å². The quantitative estimate of drug-likeness (QED) is 0.682. The number of benzene rings is 2. The average Bonchev–Trinajstić information content (AvgIpc) is 2.89. The fourth-order valence-electron chi connectivity index (χ4n) is 2.01. The molecule has 21 heavy (non-hydrogen) atoms. The van der Waals surface area contributed by atoms with Gasteiger partial charge in [0.15, 0.2) is 0 Å². The van der Waals surface area contributed by atoms with E-state index in [2.05, 4.69) is 0 Å². The van der Waals surface area contributed by atoms with Gasteiger partial charge in [-0.2, -0.15) is 0 Å². The minimum absolute atomic E-state index is 0.286. The Morgan fingerprint density at radius 3 is 2.81 bits per heavy atom. The summed E-state index contributed by atoms with van der Waals surface area (Å²) in [6.45, 7) is 0. The second-order valence-electron chi connectivity index (χ2n) is 4.59. The van der Waals surface area contributed by atoms with Crippen molar-refractivity contribution in [2.45, 2.75) is 11.0 Å². The molecule has 0 radical (unpaired) electrons. The molecule has 3 aromatic rings. The van der Waals surface area contributed by atoms with Crippen molar-refractivity contribution >= 4 is 34.3 Å². The topological polar surface area (TPSA) is 33.4 Å². The van der Waals surface area contributed by atoms with Gasteiger partial charge >= 0.3 is 0 Å². The van der Waals surface area contributed by atoms with E-state index in [4.69, 9.17) is 16.0 Å². The van der Waals surface area contributed by atoms with Gasteiger partial charge in [0.05, 0.1) is 0 Å². The fourth-order valence-corrected chi connectivity index (χ4v) is 3.07. The van der Waals surface area contributed by atoms with Crippen LogP contribution in [0, 0.1) is 5.82 Å². The van der Waals surface area contributed by atoms with Crippen LogP contribution in [-0.4, -0.2) is 10.9 Å². The van der Waals surface area contributed by atoms with Gasteiger partial charge in [-0.25, -0.2) is 4.39 Å². The van der Waals surface area contributed by atoms with Crippen LogP contribution >= 0.6 is 23.4 Å². The molecule has 2 aromatic carbocycles. The molecule has 108 valence electrons. The second-order valence-corrected chi connectivity index (χ2v) is 6.09. The number of thioether (sulfide) groups is 1. The lowest BCUT2D eigenvalue weighted by Crippen LogP contribution is -1.99. The molecule has 1 unspecified atom stereocenters. The molecular formula is C16H12ClFO2S. The van der Waals surface area contributed by atoms with Crippen LogP contribution in [0.5, 0.6) is 0 Å². The fraction of sp³-hybridized carbons (Fsp3) is 0.125. The molecule has 0 spiro atoms. The Hall–Kier alpha value is -1.49. The highest BCUT2D eigenvalue weighted by molar-refractivity contribution is 7.99. The number of hydrogen-bond donors (Lipinski definition) is 1. The van der Waals surface area contributed by atoms with E-state index in [-0.39, 0.29) is 5.82 Å². The van der Waals surface area contributed by atoms with Crippen molar-refractivity contribution < 1.29 is 13.9 Å². The third-order valence-electron chi connectivity index (χ3n) is 3.06. The number of halogens is 2. The molecule has 1 aromatic heterocycles. The van der Waals surface area contributed by atoms with Crippen LogP contribution in [0.1, 0.15) is 11.9 Å². The van der Waals surface area contributed by atoms with Gasteiger partial charge in [-0.3, -0.25) is 0 Å². The molecule has 0 amide bonds. The van der Waals surface area contributed by atoms with Crippen molar-refractivity contribution in [3.63, 3.8) is 0 Å². The molecule has 0 saturated heterocycles. The standard InChI is InChI=1S/C16H12ClFO2S/c17-11-5-6-14-10(7-11)8-15(20-14)13(19)9-21-16-4-2-1-3-12(16)18/h1-8,13,19H,9H2. The predicted octanol–water partition coefficient (Wildman–Crippen LogP) is 5.05. The van der Waals surface area contributed by atoms with Gasteiger partial charge in [-0.1, -0.05) is 23.7 Å². The van der Waals surface area contributed by atoms with Crippen molar-refractivity contribution in [1.29, 1.82) is 0 Å². The van der Waals surface area contributed by atoms with Gasteiger partial charge in [-0.15, -0.1) is 11.8 Å². The van der Waals surface area contributed by atoms with E-state index < -0.39 is 6.10 Å². The lowest BCUT2D eigenvalue weighted by molar-refractivity contribution is 0.176. The minimum atomic E-state index is -0.805. The maximum absolute atomic E-state index is 13.5. The van der Waals surface area contributed by atoms with E-state index in [1.165, 1.54) is 17.8 Å². The number of aliphatic hydroxyl groups is 1. The van der Waals surface area contributed by atoms with Crippen molar-refractivity contribution in [3.05, 3.63) is 65.1 Å². The van der Waals surface area contributed by atoms with Crippen molar-refractivity contribution in [3.8, 4) is 0 Å². The lowest BCUT2D eigenvalue weighted by atomic mass is 10.2. The van der Waals surface area contributed by atoms with Crippen LogP contribution in [0.3, 0.4) is 0 Å². The Balaban J connectivity index is 1.75. The van der Waals surface area contributed by atoms with E-state index in [1.807, 2.05) is 0 Å². The SMILES string of the molecule is OC(CSc1ccccc1F)c1cc2cc(Cl)ccc2o1. The van der Waals surface area contributed by atoms with Gasteiger partial charge in [0.25, 0.3) is 0 Å². The smallest absolute Gasteiger partial charge is 0.136 e. The zero-order chi connectivity index (χ0) is 14.8. The summed E-state index contributed by atoms with van der Waals surface area (Å²) in [5.41, 5.74) is 0.671. The summed E-state index contributed by atoms with van der Waals surface area (Å²) < 4.78 is 19.1. The Morgan fingerprint density at radius 2 is 2.00 bits per heavy atom. The zero-order valence-electron chi connectivity index (χ0n) is 10.9. The number of fused-ring (bicyclic) bond motifs is 1. The van der Waals surface area contributed by atoms with E-state index in [9.17, 15) is 9.50 Å². The Kier molecular flexibility index (Phi) is 4.19. The number of rotatable bonds is 4. The summed E-state index contributed by atoms with van der Waals surface area (Å²) >= 11 is 7.17. The van der Waals surface area contributed by atoms with Crippen molar-refractivity contribution in [2.75, 3.05) is 5.75 Å². The molecule has 0 bridgehead atoms. The van der Waals surface area contributed by atoms with E-state index in [0.717, 1.165) is 5.39 Å². The number of furan rings is 1. The number of aliphatic hydroxyl groups excluding tert-OH is 1. The predicted molar refractivity (Wildman–Crippen MR) is 83.3 cm³/mol. The highest BCUT2D eigenvalue weighted by Crippen LogP contribution is 2.30. The third kappa shape index (κ3) is 3.23. The van der Waals surface area contributed by atoms with Gasteiger partial charge < -0.3 is 9.52 Å². The van der Waals surface area contributed by atoms with Gasteiger partial charge in [0, 0.05) is 21.1 Å². The first-order chi connectivity index (χ1) is 10.1. The molecule has 1 heterocycles. The summed E-state index contributed by atoms with van der Waals surface area (Å²) in [6.07, 6.45) is -0.805. The summed E-state index contributed by atoms with van der Waals surface area (Å²) in [5.74, 6) is 0.483. The van der Waals surface area contributed by atoms with Crippen molar-refractivity contribution in [2.24, 2.45) is 0 Å². The first kappa shape index (κ1) is 14.4. The first-order valence-corrected chi connectivity index (χ1v) is 7.74. The monoisotopic (exact) mass is 322 g/mol. The highest BCUT2D eigenvalue weighted by Gasteiger charge is 2.15. The molecule has 0 aliphatic carbocycles. The summed E-state index contributed by atoms with van der Waals surface area (Å²) in [7, 11) is 0. The largest absolute Gasteiger partial charge is 0.458 e. The van der Waals surface area contributed by atoms with Crippen LogP contribution in [0.4, 0.5) is 4.39 Å². The zero-order valence-corrected chi connectivity index (χ0v) is 12.5. The molecule has 3 rings (SSSR count). The molecule has 0 aliphatic heterocycles. The number of hydrogen-bond acceptors (Lipinski definition) is 3. The van der Waals surface area contributed by atoms with Crippen LogP contribution < -0.4 is 0 Å². The van der Waals surface area contributed by atoms with Crippen LogP contribution in [0.2, 0.25) is 5.02 Å². The summed E-state index contributed by atoms with van der Waals surface area (Å²) in [4.78, 5) is 0.510. The van der Waals surface area contributed by atoms with Gasteiger partial charge in [0.2, 0.25) is 0 Å². The van der Waals surface area contributed by atoms with E-state index in [1.54, 1.807) is 42.5 Å². The molecule has 0 fully saturated rings. The van der Waals surface area contributed by atoms with Gasteiger partial charge in [0.1, 0.15) is 23.3 Å². The Bertz CT molecular complexity index is 772. The lowest BCUT2D eigenvalue weighted by Gasteiger charge is -2.07. The van der Waals surface area contributed by atoms with Gasteiger partial charge in [-0.05, 0) is 36.4 Å². The maximum atomic E-state index is 13.5. The molecule has 5 heteroatoms. The van der Waals surface area contributed by atoms with Crippen molar-refractivity contribution in [1.82, 2.24) is 0 Å². The summed E-state index contributed by atoms with van der Waals surface area (Å²) in [5, 5.41) is 11.6. The third-order valence-corrected chi connectivity index (χ3v) is 4.42. The molecular weight excluding hydrogens is 311 g/mol. The molecule has 0 aliphatic rings. The van der Waals surface area contributed by atoms with E-state index >= 15 is 0 Å². The normalized spacial score (nSPS) is 12.7. The Labute approximate surface area is 130 Å². The average molecular weight is 323 g/mol. The maximum Gasteiger partial charge on any atom is 0.136 e. The first-order valence-electron chi connectivity index (χ1n) is 6.38. The highest BCUT2D eigenvalue weighted by atomic mass is 35.5. The minimum Gasteiger partial charge on any atom is -0.458 e. The van der Waals surface area contributed by atoms with Crippen LogP contribution in [-0.2, 0) is 0 Å². The molecule has 1 atom stereocenters. The van der Waals surface area contributed by atoms with Crippen LogP contribution in [0.15, 0.2) is 57.8 Å².